The number of hydrogen-bond acceptors (Lipinski definition) is 5. The van der Waals surface area contributed by atoms with Gasteiger partial charge in [0.25, 0.3) is 0 Å². The number of nitrogens with zero attached hydrogens (tertiary/aromatic N) is 2. The van der Waals surface area contributed by atoms with Crippen LogP contribution < -0.4 is 4.84 Å². The summed E-state index contributed by atoms with van der Waals surface area (Å²) in [5, 5.41) is 7.46. The molecule has 0 spiro atoms. The smallest absolute Gasteiger partial charge is 0.399 e. The van der Waals surface area contributed by atoms with Gasteiger partial charge < -0.3 is 9.68 Å². The van der Waals surface area contributed by atoms with Crippen molar-refractivity contribution in [3.8, 4) is 5.75 Å². The number of alkyl halides is 3. The minimum Gasteiger partial charge on any atom is -0.399 e. The first-order chi connectivity index (χ1) is 12.4. The lowest BCUT2D eigenvalue weighted by Crippen LogP contribution is -2.08. The van der Waals surface area contributed by atoms with Crippen molar-refractivity contribution in [2.24, 2.45) is 10.3 Å². The second-order valence-electron chi connectivity index (χ2n) is 5.12. The quantitative estimate of drug-likeness (QED) is 0.441. The van der Waals surface area contributed by atoms with Crippen LogP contribution in [0.3, 0.4) is 0 Å². The van der Waals surface area contributed by atoms with Gasteiger partial charge in [-0.05, 0) is 36.8 Å². The van der Waals surface area contributed by atoms with Crippen molar-refractivity contribution < 1.29 is 27.6 Å². The van der Waals surface area contributed by atoms with Crippen LogP contribution in [-0.4, -0.2) is 24.8 Å². The maximum Gasteiger partial charge on any atom is 0.416 e. The average Bonchev–Trinajstić information content (AvgIpc) is 2.64. The van der Waals surface area contributed by atoms with Crippen LogP contribution in [0.4, 0.5) is 13.2 Å². The molecule has 2 aromatic rings. The van der Waals surface area contributed by atoms with E-state index in [2.05, 4.69) is 15.1 Å². The molecule has 0 aliphatic heterocycles. The van der Waals surface area contributed by atoms with E-state index in [-0.39, 0.29) is 22.7 Å². The van der Waals surface area contributed by atoms with Crippen molar-refractivity contribution in [2.45, 2.75) is 13.1 Å². The van der Waals surface area contributed by atoms with E-state index in [4.69, 9.17) is 4.84 Å². The zero-order valence-corrected chi connectivity index (χ0v) is 13.9. The van der Waals surface area contributed by atoms with Crippen molar-refractivity contribution >= 4 is 17.7 Å². The summed E-state index contributed by atoms with van der Waals surface area (Å²) in [6.45, 7) is 1.52. The molecular weight excluding hydrogens is 349 g/mol. The molecule has 0 atom stereocenters. The van der Waals surface area contributed by atoms with Gasteiger partial charge in [0.1, 0.15) is 7.11 Å². The first kappa shape index (κ1) is 19.2. The topological polar surface area (TPSA) is 60.2 Å². The summed E-state index contributed by atoms with van der Waals surface area (Å²) in [5.41, 5.74) is 0.0566. The number of halogens is 3. The number of carbonyl (C=O) groups is 1. The van der Waals surface area contributed by atoms with Gasteiger partial charge in [0.15, 0.2) is 17.7 Å². The molecule has 0 radical (unpaired) electrons. The van der Waals surface area contributed by atoms with Crippen molar-refractivity contribution in [1.82, 2.24) is 0 Å². The molecule has 0 amide bonds. The van der Waals surface area contributed by atoms with Crippen LogP contribution >= 0.6 is 0 Å². The van der Waals surface area contributed by atoms with Crippen LogP contribution in [0.5, 0.6) is 5.75 Å². The number of rotatable bonds is 6. The molecule has 0 N–H and O–H groups in total. The molecule has 0 aliphatic rings. The number of benzene rings is 2. The summed E-state index contributed by atoms with van der Waals surface area (Å²) in [6.07, 6.45) is -3.95. The molecule has 0 saturated carbocycles. The summed E-state index contributed by atoms with van der Waals surface area (Å²) in [6, 6.07) is 11.2. The number of oxime groups is 2. The average molecular weight is 364 g/mol. The standard InChI is InChI=1S/C18H15F3N2O3/c1-12(13-6-5-7-14(10-13)18(19,20)21)22-26-17-9-4-3-8-15(17)16(11-24)23-25-2/h3-11H,1-2H3/b22-12-,23-16-. The zero-order chi connectivity index (χ0) is 19.2. The maximum absolute atomic E-state index is 12.8. The van der Waals surface area contributed by atoms with E-state index in [1.54, 1.807) is 24.3 Å². The Morgan fingerprint density at radius 1 is 1.08 bits per heavy atom. The maximum atomic E-state index is 12.8. The molecule has 0 bridgehead atoms. The van der Waals surface area contributed by atoms with Crippen LogP contribution in [-0.2, 0) is 15.8 Å². The second-order valence-corrected chi connectivity index (χ2v) is 5.12. The highest BCUT2D eigenvalue weighted by Gasteiger charge is 2.30. The van der Waals surface area contributed by atoms with E-state index in [0.717, 1.165) is 12.1 Å². The molecule has 136 valence electrons. The van der Waals surface area contributed by atoms with Crippen LogP contribution in [0.25, 0.3) is 0 Å². The molecular formula is C18H15F3N2O3. The van der Waals surface area contributed by atoms with Crippen molar-refractivity contribution in [3.05, 3.63) is 65.2 Å². The largest absolute Gasteiger partial charge is 0.416 e. The highest BCUT2D eigenvalue weighted by atomic mass is 19.4. The van der Waals surface area contributed by atoms with Gasteiger partial charge in [-0.1, -0.05) is 34.6 Å². The first-order valence-corrected chi connectivity index (χ1v) is 7.41. The van der Waals surface area contributed by atoms with Gasteiger partial charge in [-0.15, -0.1) is 0 Å². The predicted octanol–water partition coefficient (Wildman–Crippen LogP) is 4.06. The van der Waals surface area contributed by atoms with E-state index in [1.165, 1.54) is 26.2 Å². The van der Waals surface area contributed by atoms with Crippen LogP contribution in [0, 0.1) is 0 Å². The first-order valence-electron chi connectivity index (χ1n) is 7.41. The number of carbonyl (C=O) groups excluding carboxylic acids is 1. The third-order valence-corrected chi connectivity index (χ3v) is 3.35. The Bertz CT molecular complexity index is 846. The van der Waals surface area contributed by atoms with Crippen LogP contribution in [0.1, 0.15) is 23.6 Å². The molecule has 2 rings (SSSR count). The highest BCUT2D eigenvalue weighted by molar-refractivity contribution is 6.36. The fourth-order valence-corrected chi connectivity index (χ4v) is 2.08. The SMILES string of the molecule is CO/N=C(/C=O)c1ccccc1O/N=C(/C)c1cccc(C(F)(F)F)c1. The van der Waals surface area contributed by atoms with Crippen LogP contribution in [0.15, 0.2) is 58.8 Å². The van der Waals surface area contributed by atoms with E-state index < -0.39 is 11.7 Å². The molecule has 0 saturated heterocycles. The van der Waals surface area contributed by atoms with Gasteiger partial charge in [0.05, 0.1) is 16.8 Å². The Balaban J connectivity index is 2.31. The normalized spacial score (nSPS) is 12.7. The summed E-state index contributed by atoms with van der Waals surface area (Å²) >= 11 is 0. The van der Waals surface area contributed by atoms with Gasteiger partial charge in [0, 0.05) is 0 Å². The third kappa shape index (κ3) is 4.69. The zero-order valence-electron chi connectivity index (χ0n) is 13.9. The molecule has 2 aromatic carbocycles. The number of para-hydroxylation sites is 1. The predicted molar refractivity (Wildman–Crippen MR) is 90.3 cm³/mol. The minimum atomic E-state index is -4.45. The highest BCUT2D eigenvalue weighted by Crippen LogP contribution is 2.29. The Morgan fingerprint density at radius 2 is 1.81 bits per heavy atom. The number of hydrogen-bond donors (Lipinski definition) is 0. The third-order valence-electron chi connectivity index (χ3n) is 3.35. The summed E-state index contributed by atoms with van der Waals surface area (Å²) < 4.78 is 38.4. The van der Waals surface area contributed by atoms with E-state index in [0.29, 0.717) is 11.8 Å². The fourth-order valence-electron chi connectivity index (χ4n) is 2.08. The second kappa shape index (κ2) is 8.28. The van der Waals surface area contributed by atoms with Gasteiger partial charge in [-0.3, -0.25) is 4.79 Å². The molecule has 0 aliphatic carbocycles. The minimum absolute atomic E-state index is 0.00461. The molecule has 26 heavy (non-hydrogen) atoms. The molecule has 8 heteroatoms. The lowest BCUT2D eigenvalue weighted by Gasteiger charge is -2.09. The Kier molecular flexibility index (Phi) is 6.11. The van der Waals surface area contributed by atoms with Crippen molar-refractivity contribution in [3.63, 3.8) is 0 Å². The Morgan fingerprint density at radius 3 is 2.46 bits per heavy atom. The monoisotopic (exact) mass is 364 g/mol. The molecule has 0 aromatic heterocycles. The summed E-state index contributed by atoms with van der Waals surface area (Å²) in [5.74, 6) is 0.210. The lowest BCUT2D eigenvalue weighted by molar-refractivity contribution is -0.137. The van der Waals surface area contributed by atoms with Gasteiger partial charge in [0.2, 0.25) is 0 Å². The van der Waals surface area contributed by atoms with Gasteiger partial charge in [-0.25, -0.2) is 0 Å². The van der Waals surface area contributed by atoms with Gasteiger partial charge >= 0.3 is 6.18 Å². The van der Waals surface area contributed by atoms with E-state index in [9.17, 15) is 18.0 Å². The Hall–Kier alpha value is -3.16. The van der Waals surface area contributed by atoms with Gasteiger partial charge in [-0.2, -0.15) is 13.2 Å². The summed E-state index contributed by atoms with van der Waals surface area (Å²) in [7, 11) is 1.29. The lowest BCUT2D eigenvalue weighted by atomic mass is 10.1. The Labute approximate surface area is 147 Å². The van der Waals surface area contributed by atoms with Crippen molar-refractivity contribution in [1.29, 1.82) is 0 Å². The van der Waals surface area contributed by atoms with Crippen molar-refractivity contribution in [2.75, 3.05) is 7.11 Å². The van der Waals surface area contributed by atoms with E-state index >= 15 is 0 Å². The molecule has 0 fully saturated rings. The van der Waals surface area contributed by atoms with E-state index in [1.807, 2.05) is 0 Å². The fraction of sp³-hybridized carbons (Fsp3) is 0.167. The molecule has 5 nitrogen and oxygen atoms in total. The van der Waals surface area contributed by atoms with Crippen LogP contribution in [0.2, 0.25) is 0 Å². The summed E-state index contributed by atoms with van der Waals surface area (Å²) in [4.78, 5) is 21.1. The molecule has 0 unspecified atom stereocenters. The number of aldehydes is 1. The molecule has 0 heterocycles.